The molecule has 0 N–H and O–H groups in total. The first-order chi connectivity index (χ1) is 11.7. The van der Waals surface area contributed by atoms with Gasteiger partial charge in [-0.2, -0.15) is 0 Å². The molecule has 1 saturated heterocycles. The highest BCUT2D eigenvalue weighted by Gasteiger charge is 2.17. The van der Waals surface area contributed by atoms with Gasteiger partial charge in [-0.1, -0.05) is 13.3 Å². The molecule has 24 heavy (non-hydrogen) atoms. The van der Waals surface area contributed by atoms with E-state index in [0.29, 0.717) is 19.8 Å². The van der Waals surface area contributed by atoms with Crippen LogP contribution < -0.4 is 0 Å². The van der Waals surface area contributed by atoms with Crippen LogP contribution in [0.3, 0.4) is 0 Å². The van der Waals surface area contributed by atoms with E-state index in [0.717, 1.165) is 38.9 Å². The summed E-state index contributed by atoms with van der Waals surface area (Å²) < 4.78 is 26.0. The maximum atomic E-state index is 11.5. The zero-order valence-corrected chi connectivity index (χ0v) is 14.6. The van der Waals surface area contributed by atoms with Crippen LogP contribution in [0, 0.1) is 0 Å². The molecule has 1 atom stereocenters. The Morgan fingerprint density at radius 1 is 0.958 bits per heavy atom. The van der Waals surface area contributed by atoms with Crippen molar-refractivity contribution in [3.05, 3.63) is 0 Å². The highest BCUT2D eigenvalue weighted by atomic mass is 16.6. The van der Waals surface area contributed by atoms with Gasteiger partial charge in [0.05, 0.1) is 38.8 Å². The van der Waals surface area contributed by atoms with Crippen molar-refractivity contribution in [2.24, 2.45) is 0 Å². The highest BCUT2D eigenvalue weighted by molar-refractivity contribution is 5.77. The second-order valence-electron chi connectivity index (χ2n) is 5.62. The van der Waals surface area contributed by atoms with Gasteiger partial charge in [-0.15, -0.1) is 0 Å². The van der Waals surface area contributed by atoms with Crippen molar-refractivity contribution in [2.45, 2.75) is 51.6 Å². The molecule has 0 bridgehead atoms. The Morgan fingerprint density at radius 2 is 1.62 bits per heavy atom. The van der Waals surface area contributed by atoms with Gasteiger partial charge in [0.15, 0.2) is 0 Å². The average Bonchev–Trinajstić information content (AvgIpc) is 3.10. The molecular weight excluding hydrogens is 316 g/mol. The van der Waals surface area contributed by atoms with E-state index in [2.05, 4.69) is 6.92 Å². The summed E-state index contributed by atoms with van der Waals surface area (Å²) in [6.07, 6.45) is 4.12. The lowest BCUT2D eigenvalue weighted by Crippen LogP contribution is -2.19. The molecule has 0 aromatic heterocycles. The number of rotatable bonds is 14. The number of carbonyl (C=O) groups is 2. The molecule has 0 spiro atoms. The zero-order valence-electron chi connectivity index (χ0n) is 14.6. The van der Waals surface area contributed by atoms with Crippen molar-refractivity contribution >= 4 is 11.9 Å². The summed E-state index contributed by atoms with van der Waals surface area (Å²) in [6.45, 7) is 5.38. The molecule has 1 aliphatic rings. The van der Waals surface area contributed by atoms with Crippen LogP contribution in [0.15, 0.2) is 0 Å². The Hall–Kier alpha value is -1.18. The minimum absolute atomic E-state index is 0.00371. The van der Waals surface area contributed by atoms with Gasteiger partial charge in [0.2, 0.25) is 0 Å². The number of hydrogen-bond acceptors (Lipinski definition) is 7. The van der Waals surface area contributed by atoms with Gasteiger partial charge >= 0.3 is 11.9 Å². The lowest BCUT2D eigenvalue weighted by atomic mass is 10.2. The third-order valence-electron chi connectivity index (χ3n) is 3.49. The van der Waals surface area contributed by atoms with Gasteiger partial charge in [0.25, 0.3) is 0 Å². The van der Waals surface area contributed by atoms with E-state index in [9.17, 15) is 9.59 Å². The van der Waals surface area contributed by atoms with Gasteiger partial charge in [0, 0.05) is 13.2 Å². The maximum Gasteiger partial charge on any atom is 0.306 e. The summed E-state index contributed by atoms with van der Waals surface area (Å²) in [4.78, 5) is 23.0. The van der Waals surface area contributed by atoms with Crippen LogP contribution in [0.2, 0.25) is 0 Å². The predicted molar refractivity (Wildman–Crippen MR) is 86.7 cm³/mol. The van der Waals surface area contributed by atoms with Crippen LogP contribution in [0.25, 0.3) is 0 Å². The molecule has 1 rings (SSSR count). The smallest absolute Gasteiger partial charge is 0.306 e. The molecular formula is C17H30O7. The third kappa shape index (κ3) is 11.4. The summed E-state index contributed by atoms with van der Waals surface area (Å²) in [5, 5.41) is 0. The summed E-state index contributed by atoms with van der Waals surface area (Å²) in [5.41, 5.74) is 0. The average molecular weight is 346 g/mol. The fourth-order valence-electron chi connectivity index (χ4n) is 2.09. The number of ether oxygens (including phenoxy) is 5. The molecule has 0 aliphatic carbocycles. The molecule has 1 heterocycles. The molecule has 7 heteroatoms. The highest BCUT2D eigenvalue weighted by Crippen LogP contribution is 2.12. The normalized spacial score (nSPS) is 17.0. The van der Waals surface area contributed by atoms with Crippen molar-refractivity contribution in [3.8, 4) is 0 Å². The van der Waals surface area contributed by atoms with Gasteiger partial charge in [-0.3, -0.25) is 9.59 Å². The van der Waals surface area contributed by atoms with E-state index >= 15 is 0 Å². The Bertz CT molecular complexity index is 340. The molecule has 140 valence electrons. The van der Waals surface area contributed by atoms with Gasteiger partial charge < -0.3 is 23.7 Å². The largest absolute Gasteiger partial charge is 0.463 e. The van der Waals surface area contributed by atoms with Crippen molar-refractivity contribution < 1.29 is 33.3 Å². The maximum absolute atomic E-state index is 11.5. The summed E-state index contributed by atoms with van der Waals surface area (Å²) in [7, 11) is 0. The first kappa shape index (κ1) is 20.9. The predicted octanol–water partition coefficient (Wildman–Crippen LogP) is 1.87. The fraction of sp³-hybridized carbons (Fsp3) is 0.882. The van der Waals surface area contributed by atoms with Crippen molar-refractivity contribution in [1.82, 2.24) is 0 Å². The second kappa shape index (κ2) is 14.2. The summed E-state index contributed by atoms with van der Waals surface area (Å²) >= 11 is 0. The summed E-state index contributed by atoms with van der Waals surface area (Å²) in [6, 6.07) is 0. The SMILES string of the molecule is CCCCOCCOCCOC(=O)CCC(=O)OCC1CCCO1. The number of carbonyl (C=O) groups excluding carboxylic acids is 2. The van der Waals surface area contributed by atoms with Crippen LogP contribution in [-0.2, 0) is 33.3 Å². The number of esters is 2. The zero-order chi connectivity index (χ0) is 17.5. The Morgan fingerprint density at radius 3 is 2.29 bits per heavy atom. The first-order valence-corrected chi connectivity index (χ1v) is 8.80. The van der Waals surface area contributed by atoms with E-state index in [4.69, 9.17) is 23.7 Å². The van der Waals surface area contributed by atoms with Crippen LogP contribution in [0.1, 0.15) is 45.4 Å². The van der Waals surface area contributed by atoms with Gasteiger partial charge in [-0.05, 0) is 19.3 Å². The van der Waals surface area contributed by atoms with Gasteiger partial charge in [-0.25, -0.2) is 0 Å². The van der Waals surface area contributed by atoms with E-state index in [-0.39, 0.29) is 32.2 Å². The lowest BCUT2D eigenvalue weighted by molar-refractivity contribution is -0.152. The molecule has 0 aromatic carbocycles. The monoisotopic (exact) mass is 346 g/mol. The summed E-state index contributed by atoms with van der Waals surface area (Å²) in [5.74, 6) is -0.824. The third-order valence-corrected chi connectivity index (χ3v) is 3.49. The quantitative estimate of drug-likeness (QED) is 0.351. The van der Waals surface area contributed by atoms with Crippen molar-refractivity contribution in [2.75, 3.05) is 46.2 Å². The minimum Gasteiger partial charge on any atom is -0.463 e. The standard InChI is InChI=1S/C17H30O7/c1-2-3-8-20-10-11-21-12-13-23-16(18)6-7-17(19)24-14-15-5-4-9-22-15/h15H,2-14H2,1H3. The lowest BCUT2D eigenvalue weighted by Gasteiger charge is -2.10. The van der Waals surface area contributed by atoms with E-state index in [1.165, 1.54) is 0 Å². The van der Waals surface area contributed by atoms with Crippen LogP contribution in [0.5, 0.6) is 0 Å². The minimum atomic E-state index is -0.424. The molecule has 0 aromatic rings. The van der Waals surface area contributed by atoms with E-state index < -0.39 is 11.9 Å². The molecule has 1 aliphatic heterocycles. The van der Waals surface area contributed by atoms with Crippen LogP contribution >= 0.6 is 0 Å². The van der Waals surface area contributed by atoms with E-state index in [1.807, 2.05) is 0 Å². The van der Waals surface area contributed by atoms with Crippen molar-refractivity contribution in [1.29, 1.82) is 0 Å². The second-order valence-corrected chi connectivity index (χ2v) is 5.62. The molecule has 0 saturated carbocycles. The Labute approximate surface area is 143 Å². The first-order valence-electron chi connectivity index (χ1n) is 8.80. The molecule has 7 nitrogen and oxygen atoms in total. The molecule has 1 fully saturated rings. The number of unbranched alkanes of at least 4 members (excludes halogenated alkanes) is 1. The molecule has 0 radical (unpaired) electrons. The van der Waals surface area contributed by atoms with E-state index in [1.54, 1.807) is 0 Å². The Balaban J connectivity index is 1.86. The van der Waals surface area contributed by atoms with Crippen molar-refractivity contribution in [3.63, 3.8) is 0 Å². The fourth-order valence-corrected chi connectivity index (χ4v) is 2.09. The molecule has 0 amide bonds. The van der Waals surface area contributed by atoms with Crippen LogP contribution in [-0.4, -0.2) is 64.3 Å². The van der Waals surface area contributed by atoms with Crippen LogP contribution in [0.4, 0.5) is 0 Å². The molecule has 1 unspecified atom stereocenters. The Kier molecular flexibility index (Phi) is 12.3. The number of hydrogen-bond donors (Lipinski definition) is 0. The van der Waals surface area contributed by atoms with Gasteiger partial charge in [0.1, 0.15) is 13.2 Å². The topological polar surface area (TPSA) is 80.3 Å².